The Labute approximate surface area is 160 Å². The van der Waals surface area contributed by atoms with Crippen LogP contribution in [-0.4, -0.2) is 22.8 Å². The quantitative estimate of drug-likeness (QED) is 0.626. The summed E-state index contributed by atoms with van der Waals surface area (Å²) in [6.45, 7) is 5.83. The van der Waals surface area contributed by atoms with Gasteiger partial charge < -0.3 is 4.90 Å². The number of benzene rings is 1. The number of hydrogen-bond donors (Lipinski definition) is 0. The highest BCUT2D eigenvalue weighted by atomic mass is 79.9. The smallest absolute Gasteiger partial charge is 0.255 e. The van der Waals surface area contributed by atoms with E-state index in [4.69, 9.17) is 0 Å². The third-order valence-electron chi connectivity index (χ3n) is 3.50. The number of pyridine rings is 1. The molecule has 0 aliphatic carbocycles. The molecule has 0 fully saturated rings. The molecule has 2 aromatic rings. The van der Waals surface area contributed by atoms with E-state index in [2.05, 4.69) is 20.9 Å². The Kier molecular flexibility index (Phi) is 8.78. The summed E-state index contributed by atoms with van der Waals surface area (Å²) in [5, 5.41) is 0. The fourth-order valence-electron chi connectivity index (χ4n) is 2.33. The van der Waals surface area contributed by atoms with Crippen molar-refractivity contribution < 1.29 is 18.0 Å². The molecule has 0 aliphatic rings. The third-order valence-corrected chi connectivity index (χ3v) is 4.21. The maximum absolute atomic E-state index is 13.9. The van der Waals surface area contributed by atoms with Gasteiger partial charge in [0.05, 0.1) is 17.5 Å². The first kappa shape index (κ1) is 22.2. The Bertz CT molecular complexity index is 745. The summed E-state index contributed by atoms with van der Waals surface area (Å²) in [5.41, 5.74) is 0.793. The second-order valence-electron chi connectivity index (χ2n) is 5.41. The molecule has 0 radical (unpaired) electrons. The van der Waals surface area contributed by atoms with Crippen LogP contribution in [0.1, 0.15) is 48.8 Å². The molecule has 1 aromatic carbocycles. The molecule has 1 aromatic heterocycles. The minimum absolute atomic E-state index is 0.0897. The van der Waals surface area contributed by atoms with E-state index in [0.29, 0.717) is 12.1 Å². The van der Waals surface area contributed by atoms with E-state index in [9.17, 15) is 18.0 Å². The van der Waals surface area contributed by atoms with Crippen molar-refractivity contribution in [3.8, 4) is 0 Å². The first-order chi connectivity index (χ1) is 12.3. The van der Waals surface area contributed by atoms with E-state index in [1.807, 2.05) is 20.8 Å². The molecule has 0 N–H and O–H groups in total. The van der Waals surface area contributed by atoms with Crippen molar-refractivity contribution in [3.05, 3.63) is 63.1 Å². The summed E-state index contributed by atoms with van der Waals surface area (Å²) in [6.07, 6.45) is 2.35. The number of carbonyl (C=O) groups is 1. The molecule has 1 amide bonds. The monoisotopic (exact) mass is 430 g/mol. The van der Waals surface area contributed by atoms with Gasteiger partial charge >= 0.3 is 0 Å². The van der Waals surface area contributed by atoms with E-state index < -0.39 is 23.4 Å². The van der Waals surface area contributed by atoms with Crippen LogP contribution in [0.15, 0.2) is 28.9 Å². The summed E-state index contributed by atoms with van der Waals surface area (Å²) < 4.78 is 40.8. The Hall–Kier alpha value is -1.89. The maximum Gasteiger partial charge on any atom is 0.255 e. The summed E-state index contributed by atoms with van der Waals surface area (Å²) in [6, 6.07) is 3.01. The van der Waals surface area contributed by atoms with Gasteiger partial charge in [-0.2, -0.15) is 0 Å². The minimum Gasteiger partial charge on any atom is -0.337 e. The van der Waals surface area contributed by atoms with Crippen LogP contribution >= 0.6 is 15.9 Å². The lowest BCUT2D eigenvalue weighted by Crippen LogP contribution is -2.28. The molecular formula is C19H22BrF3N2O. The van der Waals surface area contributed by atoms with Gasteiger partial charge in [0, 0.05) is 29.7 Å². The highest BCUT2D eigenvalue weighted by molar-refractivity contribution is 9.10. The number of nitrogens with zero attached hydrogens (tertiary/aromatic N) is 2. The van der Waals surface area contributed by atoms with Crippen molar-refractivity contribution in [3.63, 3.8) is 0 Å². The fraction of sp³-hybridized carbons (Fsp3) is 0.368. The number of aryl methyl sites for hydroxylation is 1. The molecule has 7 heteroatoms. The van der Waals surface area contributed by atoms with Crippen LogP contribution in [0.2, 0.25) is 0 Å². The Morgan fingerprint density at radius 1 is 1.15 bits per heavy atom. The first-order valence-corrected chi connectivity index (χ1v) is 9.16. The molecule has 142 valence electrons. The molecule has 0 atom stereocenters. The van der Waals surface area contributed by atoms with Crippen molar-refractivity contribution in [2.24, 2.45) is 0 Å². The average Bonchev–Trinajstić information content (AvgIpc) is 2.60. The number of carbonyl (C=O) groups excluding carboxylic acids is 1. The lowest BCUT2D eigenvalue weighted by atomic mass is 10.1. The lowest BCUT2D eigenvalue weighted by Gasteiger charge is -2.20. The Balaban J connectivity index is 0.00000163. The van der Waals surface area contributed by atoms with E-state index in [1.54, 1.807) is 0 Å². The van der Waals surface area contributed by atoms with Crippen LogP contribution in [0.3, 0.4) is 0 Å². The fourth-order valence-corrected chi connectivity index (χ4v) is 2.86. The molecule has 0 unspecified atom stereocenters. The van der Waals surface area contributed by atoms with Crippen LogP contribution in [0.25, 0.3) is 0 Å². The van der Waals surface area contributed by atoms with Gasteiger partial charge in [0.25, 0.3) is 5.91 Å². The van der Waals surface area contributed by atoms with Crippen molar-refractivity contribution in [1.29, 1.82) is 0 Å². The van der Waals surface area contributed by atoms with Crippen LogP contribution in [0.4, 0.5) is 13.2 Å². The lowest BCUT2D eigenvalue weighted by molar-refractivity contribution is 0.0781. The number of aromatic nitrogens is 1. The summed E-state index contributed by atoms with van der Waals surface area (Å²) >= 11 is 3.09. The second kappa shape index (κ2) is 10.3. The highest BCUT2D eigenvalue weighted by Gasteiger charge is 2.20. The largest absolute Gasteiger partial charge is 0.337 e. The topological polar surface area (TPSA) is 33.2 Å². The van der Waals surface area contributed by atoms with E-state index in [1.165, 1.54) is 11.9 Å². The first-order valence-electron chi connectivity index (χ1n) is 8.36. The summed E-state index contributed by atoms with van der Waals surface area (Å²) in [7, 11) is 1.47. The maximum atomic E-state index is 13.9. The summed E-state index contributed by atoms with van der Waals surface area (Å²) in [4.78, 5) is 17.8. The van der Waals surface area contributed by atoms with Gasteiger partial charge in [0.15, 0.2) is 0 Å². The molecule has 0 aliphatic heterocycles. The van der Waals surface area contributed by atoms with Gasteiger partial charge in [0.2, 0.25) is 0 Å². The predicted molar refractivity (Wildman–Crippen MR) is 99.4 cm³/mol. The number of amides is 1. The number of hydrogen-bond acceptors (Lipinski definition) is 2. The standard InChI is InChI=1S/C17H16BrF3N2O.C2H6/c1-3-4-16-12(5-11(20)8-22-16)17(24)23(2)9-13-14(18)6-10(19)7-15(13)21;1-2/h5-8H,3-4,9H2,1-2H3;1-2H3. The van der Waals surface area contributed by atoms with Gasteiger partial charge in [-0.15, -0.1) is 0 Å². The Morgan fingerprint density at radius 2 is 1.81 bits per heavy atom. The van der Waals surface area contributed by atoms with Gasteiger partial charge in [-0.05, 0) is 18.6 Å². The molecule has 26 heavy (non-hydrogen) atoms. The molecule has 0 saturated carbocycles. The van der Waals surface area contributed by atoms with E-state index >= 15 is 0 Å². The normalized spacial score (nSPS) is 10.2. The van der Waals surface area contributed by atoms with Crippen LogP contribution in [-0.2, 0) is 13.0 Å². The summed E-state index contributed by atoms with van der Waals surface area (Å²) in [5.74, 6) is -2.55. The molecule has 0 bridgehead atoms. The van der Waals surface area contributed by atoms with Crippen LogP contribution in [0.5, 0.6) is 0 Å². The van der Waals surface area contributed by atoms with Gasteiger partial charge in [0.1, 0.15) is 17.5 Å². The third kappa shape index (κ3) is 5.56. The molecule has 2 rings (SSSR count). The highest BCUT2D eigenvalue weighted by Crippen LogP contribution is 2.24. The SMILES string of the molecule is CC.CCCc1ncc(F)cc1C(=O)N(C)Cc1c(F)cc(F)cc1Br. The van der Waals surface area contributed by atoms with Gasteiger partial charge in [-0.1, -0.05) is 43.1 Å². The molecule has 0 spiro atoms. The zero-order valence-electron chi connectivity index (χ0n) is 15.2. The van der Waals surface area contributed by atoms with Gasteiger partial charge in [-0.3, -0.25) is 9.78 Å². The molecule has 1 heterocycles. The van der Waals surface area contributed by atoms with Gasteiger partial charge in [-0.25, -0.2) is 13.2 Å². The van der Waals surface area contributed by atoms with Crippen molar-refractivity contribution >= 4 is 21.8 Å². The van der Waals surface area contributed by atoms with Crippen LogP contribution < -0.4 is 0 Å². The zero-order valence-corrected chi connectivity index (χ0v) is 16.8. The molecule has 3 nitrogen and oxygen atoms in total. The molecular weight excluding hydrogens is 409 g/mol. The number of rotatable bonds is 5. The zero-order chi connectivity index (χ0) is 19.9. The number of halogens is 4. The van der Waals surface area contributed by atoms with E-state index in [-0.39, 0.29) is 22.1 Å². The van der Waals surface area contributed by atoms with E-state index in [0.717, 1.165) is 30.8 Å². The van der Waals surface area contributed by atoms with Crippen molar-refractivity contribution in [2.75, 3.05) is 7.05 Å². The van der Waals surface area contributed by atoms with Crippen LogP contribution in [0, 0.1) is 17.5 Å². The van der Waals surface area contributed by atoms with Crippen molar-refractivity contribution in [1.82, 2.24) is 9.88 Å². The average molecular weight is 431 g/mol. The predicted octanol–water partition coefficient (Wildman–Crippen LogP) is 5.51. The second-order valence-corrected chi connectivity index (χ2v) is 6.26. The Morgan fingerprint density at radius 3 is 2.38 bits per heavy atom. The van der Waals surface area contributed by atoms with Crippen molar-refractivity contribution in [2.45, 2.75) is 40.2 Å². The minimum atomic E-state index is -0.757. The molecule has 0 saturated heterocycles.